The van der Waals surface area contributed by atoms with E-state index >= 15 is 0 Å². The summed E-state index contributed by atoms with van der Waals surface area (Å²) in [5.74, 6) is -0.182. The molecular formula is C24H23N5O3S2. The SMILES string of the molecule is Cc1cccc(NS(=O)(=O)c2cccc(C(=O)N3CCN(c4nc5cccnc5s4)CC3)c2)c1. The maximum absolute atomic E-state index is 13.1. The van der Waals surface area contributed by atoms with Crippen LogP contribution in [0.4, 0.5) is 10.8 Å². The number of piperazine rings is 1. The molecular weight excluding hydrogens is 470 g/mol. The van der Waals surface area contributed by atoms with Crippen LogP contribution in [-0.4, -0.2) is 55.4 Å². The molecule has 0 unspecified atom stereocenters. The lowest BCUT2D eigenvalue weighted by Crippen LogP contribution is -2.48. The number of nitrogens with one attached hydrogen (secondary N) is 1. The van der Waals surface area contributed by atoms with Gasteiger partial charge in [0.15, 0.2) is 5.13 Å². The summed E-state index contributed by atoms with van der Waals surface area (Å²) in [5.41, 5.74) is 2.66. The molecule has 34 heavy (non-hydrogen) atoms. The number of rotatable bonds is 5. The van der Waals surface area contributed by atoms with Crippen LogP contribution in [0.1, 0.15) is 15.9 Å². The average Bonchev–Trinajstić information content (AvgIpc) is 3.28. The Bertz CT molecular complexity index is 1430. The van der Waals surface area contributed by atoms with E-state index in [0.717, 1.165) is 21.0 Å². The van der Waals surface area contributed by atoms with Gasteiger partial charge in [-0.3, -0.25) is 9.52 Å². The molecule has 4 aromatic rings. The van der Waals surface area contributed by atoms with Crippen molar-refractivity contribution in [1.29, 1.82) is 0 Å². The van der Waals surface area contributed by atoms with E-state index in [1.807, 2.05) is 25.1 Å². The number of aromatic nitrogens is 2. The van der Waals surface area contributed by atoms with Crippen molar-refractivity contribution in [2.24, 2.45) is 0 Å². The summed E-state index contributed by atoms with van der Waals surface area (Å²) >= 11 is 1.54. The van der Waals surface area contributed by atoms with Crippen LogP contribution in [0, 0.1) is 6.92 Å². The third kappa shape index (κ3) is 4.59. The fraction of sp³-hybridized carbons (Fsp3) is 0.208. The molecule has 0 radical (unpaired) electrons. The maximum Gasteiger partial charge on any atom is 0.261 e. The number of thiazole rings is 1. The Labute approximate surface area is 201 Å². The van der Waals surface area contributed by atoms with Crippen LogP contribution >= 0.6 is 11.3 Å². The first-order chi connectivity index (χ1) is 16.4. The van der Waals surface area contributed by atoms with Crippen molar-refractivity contribution in [2.75, 3.05) is 35.8 Å². The van der Waals surface area contributed by atoms with Gasteiger partial charge < -0.3 is 9.80 Å². The first kappa shape index (κ1) is 22.3. The molecule has 1 fully saturated rings. The number of aryl methyl sites for hydroxylation is 1. The molecule has 5 rings (SSSR count). The summed E-state index contributed by atoms with van der Waals surface area (Å²) in [7, 11) is -3.82. The number of anilines is 2. The van der Waals surface area contributed by atoms with Gasteiger partial charge in [0.05, 0.1) is 4.90 Å². The number of hydrogen-bond acceptors (Lipinski definition) is 7. The third-order valence-electron chi connectivity index (χ3n) is 5.65. The van der Waals surface area contributed by atoms with Crippen LogP contribution in [0.25, 0.3) is 10.3 Å². The molecule has 2 aromatic carbocycles. The quantitative estimate of drug-likeness (QED) is 0.455. The first-order valence-electron chi connectivity index (χ1n) is 10.8. The number of nitrogens with zero attached hydrogens (tertiary/aromatic N) is 4. The highest BCUT2D eigenvalue weighted by Crippen LogP contribution is 2.28. The zero-order chi connectivity index (χ0) is 23.7. The van der Waals surface area contributed by atoms with Gasteiger partial charge in [-0.05, 0) is 55.0 Å². The Balaban J connectivity index is 1.27. The molecule has 2 aromatic heterocycles. The lowest BCUT2D eigenvalue weighted by Gasteiger charge is -2.34. The van der Waals surface area contributed by atoms with Crippen molar-refractivity contribution < 1.29 is 13.2 Å². The van der Waals surface area contributed by atoms with Crippen LogP contribution in [0.15, 0.2) is 71.8 Å². The summed E-state index contributed by atoms with van der Waals surface area (Å²) < 4.78 is 28.4. The second kappa shape index (κ2) is 9.03. The molecule has 0 spiro atoms. The van der Waals surface area contributed by atoms with Gasteiger partial charge in [0.2, 0.25) is 0 Å². The third-order valence-corrected chi connectivity index (χ3v) is 8.07. The van der Waals surface area contributed by atoms with E-state index in [9.17, 15) is 13.2 Å². The predicted octanol–water partition coefficient (Wildman–Crippen LogP) is 3.76. The van der Waals surface area contributed by atoms with Gasteiger partial charge in [0.1, 0.15) is 10.3 Å². The van der Waals surface area contributed by atoms with Crippen LogP contribution in [0.2, 0.25) is 0 Å². The van der Waals surface area contributed by atoms with Crippen LogP contribution in [0.5, 0.6) is 0 Å². The van der Waals surface area contributed by atoms with Crippen LogP contribution in [-0.2, 0) is 10.0 Å². The molecule has 1 aliphatic rings. The van der Waals surface area contributed by atoms with E-state index in [2.05, 4.69) is 19.6 Å². The minimum absolute atomic E-state index is 0.0560. The number of hydrogen-bond donors (Lipinski definition) is 1. The van der Waals surface area contributed by atoms with E-state index in [0.29, 0.717) is 37.4 Å². The highest BCUT2D eigenvalue weighted by atomic mass is 32.2. The number of amides is 1. The molecule has 1 N–H and O–H groups in total. The molecule has 0 bridgehead atoms. The Morgan fingerprint density at radius 2 is 1.79 bits per heavy atom. The van der Waals surface area contributed by atoms with E-state index < -0.39 is 10.0 Å². The molecule has 1 aliphatic heterocycles. The summed E-state index contributed by atoms with van der Waals surface area (Å²) in [6.45, 7) is 4.25. The molecule has 0 atom stereocenters. The maximum atomic E-state index is 13.1. The second-order valence-electron chi connectivity index (χ2n) is 8.11. The molecule has 174 valence electrons. The van der Waals surface area contributed by atoms with Gasteiger partial charge in [-0.2, -0.15) is 0 Å². The minimum Gasteiger partial charge on any atom is -0.344 e. The van der Waals surface area contributed by atoms with Gasteiger partial charge in [0, 0.05) is 43.6 Å². The van der Waals surface area contributed by atoms with Crippen molar-refractivity contribution >= 4 is 48.4 Å². The van der Waals surface area contributed by atoms with Gasteiger partial charge in [-0.15, -0.1) is 0 Å². The number of carbonyl (C=O) groups is 1. The second-order valence-corrected chi connectivity index (χ2v) is 10.7. The van der Waals surface area contributed by atoms with Gasteiger partial charge in [-0.25, -0.2) is 18.4 Å². The van der Waals surface area contributed by atoms with Crippen molar-refractivity contribution in [3.05, 3.63) is 78.0 Å². The van der Waals surface area contributed by atoms with Gasteiger partial charge in [0.25, 0.3) is 15.9 Å². The smallest absolute Gasteiger partial charge is 0.261 e. The molecule has 8 nitrogen and oxygen atoms in total. The Morgan fingerprint density at radius 1 is 1.00 bits per heavy atom. The van der Waals surface area contributed by atoms with Gasteiger partial charge in [-0.1, -0.05) is 29.5 Å². The number of sulfonamides is 1. The molecule has 0 aliphatic carbocycles. The minimum atomic E-state index is -3.82. The number of carbonyl (C=O) groups excluding carboxylic acids is 1. The summed E-state index contributed by atoms with van der Waals surface area (Å²) in [5, 5.41) is 0.899. The zero-order valence-electron chi connectivity index (χ0n) is 18.5. The summed E-state index contributed by atoms with van der Waals surface area (Å²) in [6.07, 6.45) is 1.76. The average molecular weight is 494 g/mol. The fourth-order valence-corrected chi connectivity index (χ4v) is 5.95. The largest absolute Gasteiger partial charge is 0.344 e. The first-order valence-corrected chi connectivity index (χ1v) is 13.1. The molecule has 3 heterocycles. The summed E-state index contributed by atoms with van der Waals surface area (Å²) in [6, 6.07) is 17.1. The normalized spacial score (nSPS) is 14.4. The number of benzene rings is 2. The van der Waals surface area contributed by atoms with Crippen molar-refractivity contribution in [1.82, 2.24) is 14.9 Å². The lowest BCUT2D eigenvalue weighted by atomic mass is 10.2. The van der Waals surface area contributed by atoms with Crippen molar-refractivity contribution in [3.8, 4) is 0 Å². The molecule has 1 saturated heterocycles. The number of fused-ring (bicyclic) bond motifs is 1. The van der Waals surface area contributed by atoms with E-state index in [-0.39, 0.29) is 10.8 Å². The number of pyridine rings is 1. The molecule has 1 amide bonds. The molecule has 10 heteroatoms. The monoisotopic (exact) mass is 493 g/mol. The Kier molecular flexibility index (Phi) is 5.93. The van der Waals surface area contributed by atoms with Crippen LogP contribution in [0.3, 0.4) is 0 Å². The van der Waals surface area contributed by atoms with Crippen LogP contribution < -0.4 is 9.62 Å². The Hall–Kier alpha value is -3.50. The zero-order valence-corrected chi connectivity index (χ0v) is 20.1. The standard InChI is InChI=1S/C24H23N5O3S2/c1-17-5-2-7-19(15-17)27-34(31,32)20-8-3-6-18(16-20)23(30)28-11-13-29(14-12-28)24-26-21-9-4-10-25-22(21)33-24/h2-10,15-16,27H,11-14H2,1H3. The van der Waals surface area contributed by atoms with Crippen molar-refractivity contribution in [3.63, 3.8) is 0 Å². The van der Waals surface area contributed by atoms with Gasteiger partial charge >= 0.3 is 0 Å². The molecule has 0 saturated carbocycles. The van der Waals surface area contributed by atoms with Crippen molar-refractivity contribution in [2.45, 2.75) is 11.8 Å². The summed E-state index contributed by atoms with van der Waals surface area (Å²) in [4.78, 5) is 27.0. The predicted molar refractivity (Wildman–Crippen MR) is 134 cm³/mol. The topological polar surface area (TPSA) is 95.5 Å². The fourth-order valence-electron chi connectivity index (χ4n) is 3.90. The highest BCUT2D eigenvalue weighted by Gasteiger charge is 2.25. The lowest BCUT2D eigenvalue weighted by molar-refractivity contribution is 0.0746. The Morgan fingerprint density at radius 3 is 2.56 bits per heavy atom. The van der Waals surface area contributed by atoms with E-state index in [1.54, 1.807) is 52.8 Å². The highest BCUT2D eigenvalue weighted by molar-refractivity contribution is 7.92. The van der Waals surface area contributed by atoms with E-state index in [4.69, 9.17) is 0 Å². The van der Waals surface area contributed by atoms with E-state index in [1.165, 1.54) is 12.1 Å².